The number of nitrogens with zero attached hydrogens (tertiary/aromatic N) is 1. The molecule has 0 unspecified atom stereocenters. The highest BCUT2D eigenvalue weighted by atomic mass is 35.5. The van der Waals surface area contributed by atoms with Crippen LogP contribution in [0.25, 0.3) is 21.7 Å². The fourth-order valence-electron chi connectivity index (χ4n) is 3.95. The van der Waals surface area contributed by atoms with Gasteiger partial charge in [-0.25, -0.2) is 4.79 Å². The van der Waals surface area contributed by atoms with Crippen molar-refractivity contribution in [2.75, 3.05) is 6.61 Å². The van der Waals surface area contributed by atoms with E-state index in [0.717, 1.165) is 34.0 Å². The molecule has 4 nitrogen and oxygen atoms in total. The SMILES string of the molecule is CCOC(=O)c1c(C)n(CCc2ccc(Cl)cc2)c2c1cc(O)c1ccccc12. The van der Waals surface area contributed by atoms with Crippen molar-refractivity contribution in [1.29, 1.82) is 0 Å². The van der Waals surface area contributed by atoms with Gasteiger partial charge in [0, 0.05) is 33.4 Å². The monoisotopic (exact) mass is 407 g/mol. The van der Waals surface area contributed by atoms with Gasteiger partial charge in [-0.15, -0.1) is 0 Å². The maximum atomic E-state index is 12.7. The van der Waals surface area contributed by atoms with E-state index in [0.29, 0.717) is 29.1 Å². The van der Waals surface area contributed by atoms with Gasteiger partial charge >= 0.3 is 5.97 Å². The Balaban J connectivity index is 1.91. The highest BCUT2D eigenvalue weighted by Gasteiger charge is 2.23. The Hall–Kier alpha value is -2.98. The standard InChI is InChI=1S/C24H22ClNO3/c1-3-29-24(28)22-15(2)26(13-12-16-8-10-17(25)11-9-16)23-19-7-5-4-6-18(19)21(27)14-20(22)23/h4-11,14,27H,3,12-13H2,1-2H3. The summed E-state index contributed by atoms with van der Waals surface area (Å²) in [6, 6.07) is 17.2. The quantitative estimate of drug-likeness (QED) is 0.420. The molecule has 0 amide bonds. The van der Waals surface area contributed by atoms with Crippen LogP contribution in [0.5, 0.6) is 5.75 Å². The van der Waals surface area contributed by atoms with Gasteiger partial charge in [-0.1, -0.05) is 48.0 Å². The number of ether oxygens (including phenoxy) is 1. The minimum atomic E-state index is -0.366. The third-order valence-corrected chi connectivity index (χ3v) is 5.57. The van der Waals surface area contributed by atoms with Crippen LogP contribution >= 0.6 is 11.6 Å². The van der Waals surface area contributed by atoms with Gasteiger partial charge in [0.15, 0.2) is 0 Å². The highest BCUT2D eigenvalue weighted by Crippen LogP contribution is 2.37. The molecule has 0 fully saturated rings. The van der Waals surface area contributed by atoms with E-state index in [-0.39, 0.29) is 11.7 Å². The topological polar surface area (TPSA) is 51.5 Å². The number of phenols is 1. The van der Waals surface area contributed by atoms with Crippen molar-refractivity contribution in [3.8, 4) is 5.75 Å². The fraction of sp³-hybridized carbons (Fsp3) is 0.208. The molecule has 0 radical (unpaired) electrons. The first-order valence-electron chi connectivity index (χ1n) is 9.66. The van der Waals surface area contributed by atoms with Gasteiger partial charge in [0.25, 0.3) is 0 Å². The number of carbonyl (C=O) groups is 1. The Morgan fingerprint density at radius 1 is 1.07 bits per heavy atom. The number of halogens is 1. The number of phenolic OH excluding ortho intramolecular Hbond substituents is 1. The molecular formula is C24H22ClNO3. The van der Waals surface area contributed by atoms with Crippen LogP contribution in [0.4, 0.5) is 0 Å². The van der Waals surface area contributed by atoms with E-state index >= 15 is 0 Å². The average molecular weight is 408 g/mol. The van der Waals surface area contributed by atoms with E-state index in [1.54, 1.807) is 13.0 Å². The zero-order chi connectivity index (χ0) is 20.5. The number of rotatable bonds is 5. The van der Waals surface area contributed by atoms with Crippen LogP contribution in [-0.4, -0.2) is 22.2 Å². The second kappa shape index (κ2) is 7.80. The zero-order valence-electron chi connectivity index (χ0n) is 16.4. The predicted molar refractivity (Wildman–Crippen MR) is 117 cm³/mol. The van der Waals surface area contributed by atoms with Crippen LogP contribution in [-0.2, 0) is 17.7 Å². The summed E-state index contributed by atoms with van der Waals surface area (Å²) in [5.41, 5.74) is 3.45. The van der Waals surface area contributed by atoms with E-state index in [2.05, 4.69) is 4.57 Å². The third kappa shape index (κ3) is 3.45. The minimum Gasteiger partial charge on any atom is -0.507 e. The van der Waals surface area contributed by atoms with Gasteiger partial charge < -0.3 is 14.4 Å². The predicted octanol–water partition coefficient (Wildman–Crippen LogP) is 5.88. The molecule has 0 bridgehead atoms. The van der Waals surface area contributed by atoms with Gasteiger partial charge in [0.1, 0.15) is 5.75 Å². The molecule has 0 atom stereocenters. The Labute approximate surface area is 174 Å². The lowest BCUT2D eigenvalue weighted by molar-refractivity contribution is 0.0527. The van der Waals surface area contributed by atoms with Crippen molar-refractivity contribution >= 4 is 39.2 Å². The highest BCUT2D eigenvalue weighted by molar-refractivity contribution is 6.30. The normalized spacial score (nSPS) is 11.3. The number of esters is 1. The Morgan fingerprint density at radius 3 is 2.45 bits per heavy atom. The van der Waals surface area contributed by atoms with Crippen molar-refractivity contribution in [3.63, 3.8) is 0 Å². The third-order valence-electron chi connectivity index (χ3n) is 5.32. The lowest BCUT2D eigenvalue weighted by Crippen LogP contribution is -2.08. The summed E-state index contributed by atoms with van der Waals surface area (Å²) in [7, 11) is 0. The van der Waals surface area contributed by atoms with Crippen molar-refractivity contribution in [2.24, 2.45) is 0 Å². The van der Waals surface area contributed by atoms with Crippen LogP contribution in [0, 0.1) is 6.92 Å². The molecule has 0 saturated heterocycles. The largest absolute Gasteiger partial charge is 0.507 e. The van der Waals surface area contributed by atoms with Crippen LogP contribution in [0.2, 0.25) is 5.02 Å². The maximum Gasteiger partial charge on any atom is 0.340 e. The molecule has 0 spiro atoms. The van der Waals surface area contributed by atoms with Crippen LogP contribution in [0.15, 0.2) is 54.6 Å². The summed E-state index contributed by atoms with van der Waals surface area (Å²) < 4.78 is 7.46. The first kappa shape index (κ1) is 19.3. The molecule has 4 rings (SSSR count). The van der Waals surface area contributed by atoms with Gasteiger partial charge in [-0.05, 0) is 44.0 Å². The number of benzene rings is 3. The zero-order valence-corrected chi connectivity index (χ0v) is 17.2. The summed E-state index contributed by atoms with van der Waals surface area (Å²) >= 11 is 6.00. The summed E-state index contributed by atoms with van der Waals surface area (Å²) in [4.78, 5) is 12.7. The molecule has 0 saturated carbocycles. The van der Waals surface area contributed by atoms with Crippen LogP contribution < -0.4 is 0 Å². The second-order valence-corrected chi connectivity index (χ2v) is 7.48. The first-order valence-corrected chi connectivity index (χ1v) is 10.0. The second-order valence-electron chi connectivity index (χ2n) is 7.05. The lowest BCUT2D eigenvalue weighted by Gasteiger charge is -2.11. The summed E-state index contributed by atoms with van der Waals surface area (Å²) in [5, 5.41) is 13.7. The molecule has 3 aromatic carbocycles. The van der Waals surface area contributed by atoms with Gasteiger partial charge in [0.2, 0.25) is 0 Å². The number of aromatic nitrogens is 1. The first-order chi connectivity index (χ1) is 14.0. The summed E-state index contributed by atoms with van der Waals surface area (Å²) in [6.07, 6.45) is 0.791. The molecule has 29 heavy (non-hydrogen) atoms. The molecule has 0 aliphatic rings. The molecule has 148 valence electrons. The van der Waals surface area contributed by atoms with Crippen molar-refractivity contribution in [1.82, 2.24) is 4.57 Å². The lowest BCUT2D eigenvalue weighted by atomic mass is 10.0. The molecule has 4 aromatic rings. The molecule has 1 N–H and O–H groups in total. The number of aryl methyl sites for hydroxylation is 2. The van der Waals surface area contributed by atoms with Crippen molar-refractivity contribution in [3.05, 3.63) is 76.4 Å². The van der Waals surface area contributed by atoms with Gasteiger partial charge in [0.05, 0.1) is 17.7 Å². The Bertz CT molecular complexity index is 1210. The van der Waals surface area contributed by atoms with E-state index in [1.165, 1.54) is 0 Å². The number of hydrogen-bond donors (Lipinski definition) is 1. The number of aromatic hydroxyl groups is 1. The molecule has 1 heterocycles. The van der Waals surface area contributed by atoms with Gasteiger partial charge in [-0.3, -0.25) is 0 Å². The maximum absolute atomic E-state index is 12.7. The Kier molecular flexibility index (Phi) is 5.20. The van der Waals surface area contributed by atoms with E-state index in [9.17, 15) is 9.90 Å². The molecule has 0 aliphatic carbocycles. The van der Waals surface area contributed by atoms with E-state index in [1.807, 2.05) is 55.5 Å². The molecule has 1 aromatic heterocycles. The smallest absolute Gasteiger partial charge is 0.340 e. The molecular weight excluding hydrogens is 386 g/mol. The number of carbonyl (C=O) groups excluding carboxylic acids is 1. The van der Waals surface area contributed by atoms with Crippen molar-refractivity contribution < 1.29 is 14.6 Å². The van der Waals surface area contributed by atoms with Gasteiger partial charge in [-0.2, -0.15) is 0 Å². The van der Waals surface area contributed by atoms with Crippen LogP contribution in [0.1, 0.15) is 28.5 Å². The summed E-state index contributed by atoms with van der Waals surface area (Å²) in [6.45, 7) is 4.72. The van der Waals surface area contributed by atoms with Crippen LogP contribution in [0.3, 0.4) is 0 Å². The molecule has 0 aliphatic heterocycles. The minimum absolute atomic E-state index is 0.161. The Morgan fingerprint density at radius 2 is 1.76 bits per heavy atom. The van der Waals surface area contributed by atoms with Crippen molar-refractivity contribution in [2.45, 2.75) is 26.8 Å². The average Bonchev–Trinajstić information content (AvgIpc) is 2.99. The summed E-state index contributed by atoms with van der Waals surface area (Å²) in [5.74, 6) is -0.205. The number of fused-ring (bicyclic) bond motifs is 3. The van der Waals surface area contributed by atoms with E-state index < -0.39 is 0 Å². The molecule has 5 heteroatoms. The van der Waals surface area contributed by atoms with E-state index in [4.69, 9.17) is 16.3 Å². The fourth-order valence-corrected chi connectivity index (χ4v) is 4.08. The number of hydrogen-bond acceptors (Lipinski definition) is 3.